The van der Waals surface area contributed by atoms with Gasteiger partial charge in [-0.1, -0.05) is 0 Å². The summed E-state index contributed by atoms with van der Waals surface area (Å²) in [5.41, 5.74) is 0. The van der Waals surface area contributed by atoms with Gasteiger partial charge in [0, 0.05) is 0 Å². The van der Waals surface area contributed by atoms with Crippen LogP contribution in [0, 0.1) is 0 Å². The zero-order valence-corrected chi connectivity index (χ0v) is 10.3. The molecule has 0 aliphatic carbocycles. The van der Waals surface area contributed by atoms with E-state index < -0.39 is 15.2 Å². The quantitative estimate of drug-likeness (QED) is 0.679. The minimum atomic E-state index is -4.32. The van der Waals surface area contributed by atoms with Gasteiger partial charge in [0.15, 0.2) is 0 Å². The highest BCUT2D eigenvalue weighted by Gasteiger charge is 2.23. The van der Waals surface area contributed by atoms with Crippen LogP contribution >= 0.6 is 15.2 Å². The second-order valence-electron chi connectivity index (χ2n) is 3.00. The number of hydrogen-bond donors (Lipinski definition) is 3. The molecule has 0 saturated heterocycles. The van der Waals surface area contributed by atoms with E-state index in [0.29, 0.717) is 0 Å². The summed E-state index contributed by atoms with van der Waals surface area (Å²) >= 11 is 0. The first-order valence-corrected chi connectivity index (χ1v) is 7.60. The van der Waals surface area contributed by atoms with Gasteiger partial charge >= 0.3 is 15.2 Å². The van der Waals surface area contributed by atoms with Crippen LogP contribution in [0.4, 0.5) is 0 Å². The first-order valence-electron chi connectivity index (χ1n) is 4.41. The van der Waals surface area contributed by atoms with Gasteiger partial charge in [-0.3, -0.25) is 9.13 Å². The van der Waals surface area contributed by atoms with Crippen LogP contribution in [0.1, 0.15) is 6.92 Å². The summed E-state index contributed by atoms with van der Waals surface area (Å²) in [4.78, 5) is 27.1. The Bertz CT molecular complexity index is 448. The Morgan fingerprint density at radius 1 is 1.06 bits per heavy atom. The van der Waals surface area contributed by atoms with Crippen molar-refractivity contribution in [1.29, 1.82) is 0 Å². The molecule has 0 aliphatic heterocycles. The summed E-state index contributed by atoms with van der Waals surface area (Å²) < 4.78 is 27.0. The van der Waals surface area contributed by atoms with Crippen LogP contribution in [0.2, 0.25) is 0 Å². The lowest BCUT2D eigenvalue weighted by atomic mass is 10.4. The Labute approximate surface area is 92.6 Å². The van der Waals surface area contributed by atoms with Crippen molar-refractivity contribution in [3.8, 4) is 0 Å². The minimum absolute atomic E-state index is 0.00606. The summed E-state index contributed by atoms with van der Waals surface area (Å²) in [5, 5.41) is -0.195. The fourth-order valence-electron chi connectivity index (χ4n) is 1.08. The van der Waals surface area contributed by atoms with Gasteiger partial charge in [-0.15, -0.1) is 0 Å². The fraction of sp³-hybridized carbons (Fsp3) is 0.250. The van der Waals surface area contributed by atoms with E-state index in [-0.39, 0.29) is 17.2 Å². The van der Waals surface area contributed by atoms with Crippen molar-refractivity contribution in [3.63, 3.8) is 0 Å². The molecule has 1 aromatic carbocycles. The van der Waals surface area contributed by atoms with Crippen molar-refractivity contribution in [2.45, 2.75) is 6.92 Å². The SMILES string of the molecule is CCOP(=O)(O)c1ccc(P(=O)(O)O)cc1. The lowest BCUT2D eigenvalue weighted by molar-refractivity contribution is 0.284. The van der Waals surface area contributed by atoms with Crippen molar-refractivity contribution in [2.75, 3.05) is 6.61 Å². The normalized spacial score (nSPS) is 15.8. The highest BCUT2D eigenvalue weighted by atomic mass is 31.2. The third kappa shape index (κ3) is 3.25. The Hall–Kier alpha value is -0.480. The smallest absolute Gasteiger partial charge is 0.321 e. The van der Waals surface area contributed by atoms with Crippen molar-refractivity contribution < 1.29 is 28.3 Å². The van der Waals surface area contributed by atoms with E-state index in [0.717, 1.165) is 12.1 Å². The first kappa shape index (κ1) is 13.6. The van der Waals surface area contributed by atoms with Gasteiger partial charge in [0.2, 0.25) is 0 Å². The van der Waals surface area contributed by atoms with Gasteiger partial charge in [0.25, 0.3) is 0 Å². The third-order valence-corrected chi connectivity index (χ3v) is 4.35. The van der Waals surface area contributed by atoms with Gasteiger partial charge < -0.3 is 19.2 Å². The van der Waals surface area contributed by atoms with Crippen LogP contribution < -0.4 is 10.6 Å². The molecule has 0 saturated carbocycles. The summed E-state index contributed by atoms with van der Waals surface area (Å²) in [6.07, 6.45) is 0. The molecule has 8 heteroatoms. The maximum absolute atomic E-state index is 11.5. The van der Waals surface area contributed by atoms with Crippen molar-refractivity contribution in [2.24, 2.45) is 0 Å². The van der Waals surface area contributed by atoms with Gasteiger partial charge in [0.1, 0.15) is 0 Å². The van der Waals surface area contributed by atoms with Crippen LogP contribution in [0.3, 0.4) is 0 Å². The van der Waals surface area contributed by atoms with Crippen molar-refractivity contribution >= 4 is 25.8 Å². The van der Waals surface area contributed by atoms with Gasteiger partial charge in [-0.25, -0.2) is 0 Å². The molecule has 6 nitrogen and oxygen atoms in total. The summed E-state index contributed by atoms with van der Waals surface area (Å²) in [6.45, 7) is 1.65. The molecule has 1 unspecified atom stereocenters. The largest absolute Gasteiger partial charge is 0.358 e. The predicted octanol–water partition coefficient (Wildman–Crippen LogP) is 0.337. The maximum atomic E-state index is 11.5. The first-order chi connectivity index (χ1) is 7.27. The van der Waals surface area contributed by atoms with E-state index in [1.54, 1.807) is 6.92 Å². The highest BCUT2D eigenvalue weighted by Crippen LogP contribution is 2.40. The average molecular weight is 266 g/mol. The zero-order chi connectivity index (χ0) is 12.4. The van der Waals surface area contributed by atoms with Crippen LogP contribution in [0.5, 0.6) is 0 Å². The second kappa shape index (κ2) is 4.80. The summed E-state index contributed by atoms with van der Waals surface area (Å²) in [5.74, 6) is 0. The Morgan fingerprint density at radius 2 is 1.50 bits per heavy atom. The molecule has 0 spiro atoms. The predicted molar refractivity (Wildman–Crippen MR) is 59.2 cm³/mol. The molecule has 0 radical (unpaired) electrons. The van der Waals surface area contributed by atoms with E-state index in [4.69, 9.17) is 9.79 Å². The summed E-state index contributed by atoms with van der Waals surface area (Å²) in [6, 6.07) is 4.56. The van der Waals surface area contributed by atoms with E-state index in [2.05, 4.69) is 4.52 Å². The molecule has 0 aliphatic rings. The molecular formula is C8H12O6P2. The lowest BCUT2D eigenvalue weighted by Gasteiger charge is -2.11. The standard InChI is InChI=1S/C8H12O6P2/c1-2-14-16(12,13)8-5-3-7(4-6-8)15(9,10)11/h3-6H,2H2,1H3,(H,12,13)(H2,9,10,11). The van der Waals surface area contributed by atoms with Crippen LogP contribution in [0.25, 0.3) is 0 Å². The monoisotopic (exact) mass is 266 g/mol. The molecule has 1 aromatic rings. The van der Waals surface area contributed by atoms with Gasteiger partial charge in [-0.2, -0.15) is 0 Å². The summed E-state index contributed by atoms with van der Waals surface area (Å²) in [7, 11) is -8.19. The van der Waals surface area contributed by atoms with E-state index >= 15 is 0 Å². The molecule has 0 bridgehead atoms. The molecular weight excluding hydrogens is 254 g/mol. The van der Waals surface area contributed by atoms with Gasteiger partial charge in [-0.05, 0) is 31.2 Å². The molecule has 0 fully saturated rings. The average Bonchev–Trinajstić information content (AvgIpc) is 2.16. The third-order valence-electron chi connectivity index (χ3n) is 1.82. The Kier molecular flexibility index (Phi) is 4.07. The zero-order valence-electron chi connectivity index (χ0n) is 8.48. The number of hydrogen-bond acceptors (Lipinski definition) is 3. The van der Waals surface area contributed by atoms with Crippen molar-refractivity contribution in [3.05, 3.63) is 24.3 Å². The lowest BCUT2D eigenvalue weighted by Crippen LogP contribution is -2.11. The number of rotatable bonds is 4. The van der Waals surface area contributed by atoms with Crippen LogP contribution in [0.15, 0.2) is 24.3 Å². The van der Waals surface area contributed by atoms with Crippen LogP contribution in [-0.4, -0.2) is 21.3 Å². The Morgan fingerprint density at radius 3 is 1.88 bits per heavy atom. The molecule has 3 N–H and O–H groups in total. The molecule has 0 amide bonds. The maximum Gasteiger partial charge on any atom is 0.358 e. The molecule has 0 heterocycles. The van der Waals surface area contributed by atoms with E-state index in [1.165, 1.54) is 12.1 Å². The van der Waals surface area contributed by atoms with Gasteiger partial charge in [0.05, 0.1) is 17.2 Å². The minimum Gasteiger partial charge on any atom is -0.321 e. The fourth-order valence-corrected chi connectivity index (χ4v) is 2.65. The second-order valence-corrected chi connectivity index (χ2v) is 6.42. The van der Waals surface area contributed by atoms with Crippen LogP contribution in [-0.2, 0) is 13.7 Å². The molecule has 0 aromatic heterocycles. The highest BCUT2D eigenvalue weighted by molar-refractivity contribution is 7.61. The Balaban J connectivity index is 3.05. The topological polar surface area (TPSA) is 104 Å². The van der Waals surface area contributed by atoms with E-state index in [9.17, 15) is 14.0 Å². The number of benzene rings is 1. The molecule has 16 heavy (non-hydrogen) atoms. The van der Waals surface area contributed by atoms with E-state index in [1.807, 2.05) is 0 Å². The van der Waals surface area contributed by atoms with Crippen molar-refractivity contribution in [1.82, 2.24) is 0 Å². The molecule has 1 rings (SSSR count). The molecule has 1 atom stereocenters. The molecule has 90 valence electrons.